The minimum absolute atomic E-state index is 0.362. The first-order valence-electron chi connectivity index (χ1n) is 4.64. The number of ketones is 1. The Morgan fingerprint density at radius 2 is 2.08 bits per heavy atom. The average Bonchev–Trinajstić information content (AvgIpc) is 2.16. The molecule has 0 aromatic rings. The van der Waals surface area contributed by atoms with Gasteiger partial charge in [-0.1, -0.05) is 6.92 Å². The van der Waals surface area contributed by atoms with E-state index in [-0.39, 0.29) is 0 Å². The van der Waals surface area contributed by atoms with E-state index < -0.39 is 0 Å². The van der Waals surface area contributed by atoms with Crippen molar-refractivity contribution in [2.75, 3.05) is 32.8 Å². The van der Waals surface area contributed by atoms with Crippen LogP contribution in [0.5, 0.6) is 0 Å². The second-order valence-electron chi connectivity index (χ2n) is 3.10. The van der Waals surface area contributed by atoms with Gasteiger partial charge in [0.05, 0.1) is 13.2 Å². The maximum atomic E-state index is 11.0. The third kappa shape index (κ3) is 3.32. The lowest BCUT2D eigenvalue weighted by Gasteiger charge is -2.26. The summed E-state index contributed by atoms with van der Waals surface area (Å²) in [7, 11) is 0. The van der Waals surface area contributed by atoms with Crippen LogP contribution in [0.25, 0.3) is 0 Å². The molecule has 0 aromatic carbocycles. The molecule has 3 nitrogen and oxygen atoms in total. The molecule has 0 amide bonds. The van der Waals surface area contributed by atoms with E-state index in [1.54, 1.807) is 0 Å². The monoisotopic (exact) mass is 171 g/mol. The van der Waals surface area contributed by atoms with Crippen molar-refractivity contribution in [1.82, 2.24) is 4.90 Å². The lowest BCUT2D eigenvalue weighted by Crippen LogP contribution is -2.37. The summed E-state index contributed by atoms with van der Waals surface area (Å²) in [4.78, 5) is 13.3. The summed E-state index contributed by atoms with van der Waals surface area (Å²) in [5.74, 6) is 0.362. The van der Waals surface area contributed by atoms with E-state index in [4.69, 9.17) is 4.74 Å². The molecule has 1 aliphatic rings. The first-order valence-corrected chi connectivity index (χ1v) is 4.64. The molecule has 1 fully saturated rings. The summed E-state index contributed by atoms with van der Waals surface area (Å²) >= 11 is 0. The molecule has 70 valence electrons. The van der Waals surface area contributed by atoms with Gasteiger partial charge in [-0.3, -0.25) is 9.69 Å². The molecule has 0 radical (unpaired) electrons. The lowest BCUT2D eigenvalue weighted by molar-refractivity contribution is -0.119. The van der Waals surface area contributed by atoms with Crippen molar-refractivity contribution in [2.45, 2.75) is 19.8 Å². The molecule has 0 unspecified atom stereocenters. The quantitative estimate of drug-likeness (QED) is 0.623. The van der Waals surface area contributed by atoms with Gasteiger partial charge in [-0.15, -0.1) is 0 Å². The molecule has 0 aliphatic carbocycles. The Kier molecular flexibility index (Phi) is 4.25. The van der Waals surface area contributed by atoms with Crippen LogP contribution in [-0.2, 0) is 9.53 Å². The molecule has 12 heavy (non-hydrogen) atoms. The third-order valence-electron chi connectivity index (χ3n) is 2.20. The van der Waals surface area contributed by atoms with E-state index >= 15 is 0 Å². The van der Waals surface area contributed by atoms with Crippen molar-refractivity contribution in [1.29, 1.82) is 0 Å². The third-order valence-corrected chi connectivity index (χ3v) is 2.20. The van der Waals surface area contributed by atoms with E-state index in [1.807, 2.05) is 6.92 Å². The SMILES string of the molecule is CCC(=O)CCN1CCOCC1. The Morgan fingerprint density at radius 3 is 2.67 bits per heavy atom. The molecule has 0 N–H and O–H groups in total. The number of carbonyl (C=O) groups is 1. The summed E-state index contributed by atoms with van der Waals surface area (Å²) in [5, 5.41) is 0. The van der Waals surface area contributed by atoms with Crippen molar-refractivity contribution in [3.63, 3.8) is 0 Å². The summed E-state index contributed by atoms with van der Waals surface area (Å²) in [6.07, 6.45) is 1.38. The molecule has 1 heterocycles. The fourth-order valence-electron chi connectivity index (χ4n) is 1.28. The van der Waals surface area contributed by atoms with Crippen molar-refractivity contribution in [3.8, 4) is 0 Å². The molecule has 0 saturated carbocycles. The zero-order valence-electron chi connectivity index (χ0n) is 7.71. The fourth-order valence-corrected chi connectivity index (χ4v) is 1.28. The Morgan fingerprint density at radius 1 is 1.42 bits per heavy atom. The highest BCUT2D eigenvalue weighted by molar-refractivity contribution is 5.78. The van der Waals surface area contributed by atoms with Crippen molar-refractivity contribution in [2.24, 2.45) is 0 Å². The Labute approximate surface area is 73.7 Å². The van der Waals surface area contributed by atoms with Gasteiger partial charge in [0.2, 0.25) is 0 Å². The molecule has 0 spiro atoms. The second kappa shape index (κ2) is 5.27. The average molecular weight is 171 g/mol. The fraction of sp³-hybridized carbons (Fsp3) is 0.889. The summed E-state index contributed by atoms with van der Waals surface area (Å²) in [6.45, 7) is 6.44. The van der Waals surface area contributed by atoms with E-state index in [0.717, 1.165) is 32.8 Å². The maximum Gasteiger partial charge on any atom is 0.133 e. The summed E-state index contributed by atoms with van der Waals surface area (Å²) in [5.41, 5.74) is 0. The largest absolute Gasteiger partial charge is 0.379 e. The Balaban J connectivity index is 2.09. The highest BCUT2D eigenvalue weighted by Gasteiger charge is 2.10. The van der Waals surface area contributed by atoms with Crippen LogP contribution in [0.2, 0.25) is 0 Å². The topological polar surface area (TPSA) is 29.5 Å². The van der Waals surface area contributed by atoms with Crippen LogP contribution >= 0.6 is 0 Å². The normalized spacial score (nSPS) is 19.4. The van der Waals surface area contributed by atoms with Gasteiger partial charge in [0, 0.05) is 32.5 Å². The maximum absolute atomic E-state index is 11.0. The first kappa shape index (κ1) is 9.68. The minimum atomic E-state index is 0.362. The number of hydrogen-bond donors (Lipinski definition) is 0. The van der Waals surface area contributed by atoms with Crippen LogP contribution < -0.4 is 0 Å². The minimum Gasteiger partial charge on any atom is -0.379 e. The standard InChI is InChI=1S/C9H17NO2/c1-2-9(11)3-4-10-5-7-12-8-6-10/h2-8H2,1H3. The van der Waals surface area contributed by atoms with E-state index in [2.05, 4.69) is 4.90 Å². The predicted molar refractivity (Wildman–Crippen MR) is 47.2 cm³/mol. The molecular weight excluding hydrogens is 154 g/mol. The van der Waals surface area contributed by atoms with E-state index in [9.17, 15) is 4.79 Å². The molecule has 1 aliphatic heterocycles. The molecular formula is C9H17NO2. The van der Waals surface area contributed by atoms with Crippen molar-refractivity contribution < 1.29 is 9.53 Å². The lowest BCUT2D eigenvalue weighted by atomic mass is 10.2. The zero-order chi connectivity index (χ0) is 8.81. The van der Waals surface area contributed by atoms with Gasteiger partial charge in [0.15, 0.2) is 0 Å². The number of nitrogens with zero attached hydrogens (tertiary/aromatic N) is 1. The van der Waals surface area contributed by atoms with Gasteiger partial charge in [-0.05, 0) is 0 Å². The molecule has 1 saturated heterocycles. The van der Waals surface area contributed by atoms with E-state index in [1.165, 1.54) is 0 Å². The highest BCUT2D eigenvalue weighted by atomic mass is 16.5. The van der Waals surface area contributed by atoms with Gasteiger partial charge >= 0.3 is 0 Å². The van der Waals surface area contributed by atoms with Crippen LogP contribution in [0.1, 0.15) is 19.8 Å². The van der Waals surface area contributed by atoms with Gasteiger partial charge in [0.1, 0.15) is 5.78 Å². The van der Waals surface area contributed by atoms with Gasteiger partial charge < -0.3 is 4.74 Å². The smallest absolute Gasteiger partial charge is 0.133 e. The van der Waals surface area contributed by atoms with Gasteiger partial charge in [-0.2, -0.15) is 0 Å². The Hall–Kier alpha value is -0.410. The summed E-state index contributed by atoms with van der Waals surface area (Å²) in [6, 6.07) is 0. The van der Waals surface area contributed by atoms with Crippen LogP contribution in [0.3, 0.4) is 0 Å². The predicted octanol–water partition coefficient (Wildman–Crippen LogP) is 0.688. The van der Waals surface area contributed by atoms with Crippen LogP contribution in [-0.4, -0.2) is 43.5 Å². The number of carbonyl (C=O) groups excluding carboxylic acids is 1. The number of hydrogen-bond acceptors (Lipinski definition) is 3. The molecule has 0 atom stereocenters. The number of morpholine rings is 1. The first-order chi connectivity index (χ1) is 5.83. The molecule has 0 bridgehead atoms. The second-order valence-corrected chi connectivity index (χ2v) is 3.10. The number of rotatable bonds is 4. The number of Topliss-reactive ketones (excluding diaryl/α,β-unsaturated/α-hetero) is 1. The highest BCUT2D eigenvalue weighted by Crippen LogP contribution is 1.99. The van der Waals surface area contributed by atoms with Crippen molar-refractivity contribution >= 4 is 5.78 Å². The molecule has 3 heteroatoms. The Bertz CT molecular complexity index is 141. The van der Waals surface area contributed by atoms with Crippen LogP contribution in [0, 0.1) is 0 Å². The molecule has 0 aromatic heterocycles. The van der Waals surface area contributed by atoms with E-state index in [0.29, 0.717) is 18.6 Å². The molecule has 1 rings (SSSR count). The zero-order valence-corrected chi connectivity index (χ0v) is 7.71. The van der Waals surface area contributed by atoms with Gasteiger partial charge in [-0.25, -0.2) is 0 Å². The van der Waals surface area contributed by atoms with Crippen LogP contribution in [0.4, 0.5) is 0 Å². The van der Waals surface area contributed by atoms with Crippen molar-refractivity contribution in [3.05, 3.63) is 0 Å². The van der Waals surface area contributed by atoms with Gasteiger partial charge in [0.25, 0.3) is 0 Å². The summed E-state index contributed by atoms with van der Waals surface area (Å²) < 4.78 is 5.21. The van der Waals surface area contributed by atoms with Crippen LogP contribution in [0.15, 0.2) is 0 Å². The number of ether oxygens (including phenoxy) is 1.